The van der Waals surface area contributed by atoms with Gasteiger partial charge in [0.05, 0.1) is 17.2 Å². The van der Waals surface area contributed by atoms with Crippen LogP contribution in [0.15, 0.2) is 64.8 Å². The van der Waals surface area contributed by atoms with Crippen LogP contribution in [0.5, 0.6) is 0 Å². The Morgan fingerprint density at radius 2 is 1.85 bits per heavy atom. The van der Waals surface area contributed by atoms with Gasteiger partial charge in [0.25, 0.3) is 0 Å². The standard InChI is InChI=1S/C23H22N6O2S2/c24-20(30)12-32-19-8-4-3-7-18(19)26-21(31)13-33-23-28-27-22(29(23)14-9-10-14)16-11-25-17-6-2-1-5-15(16)17/h1-8,11,14,25H,9-10,12-13H2,(H2,24,30)(H,26,31). The Hall–Kier alpha value is -3.24. The zero-order valence-electron chi connectivity index (χ0n) is 17.7. The van der Waals surface area contributed by atoms with Gasteiger partial charge in [0, 0.05) is 33.6 Å². The first kappa shape index (κ1) is 21.6. The second-order valence-electron chi connectivity index (χ2n) is 7.74. The zero-order valence-corrected chi connectivity index (χ0v) is 19.3. The molecule has 0 unspecified atom stereocenters. The number of nitrogens with one attached hydrogen (secondary N) is 2. The number of primary amides is 1. The molecule has 168 valence electrons. The van der Waals surface area contributed by atoms with Gasteiger partial charge in [0.15, 0.2) is 11.0 Å². The van der Waals surface area contributed by atoms with Gasteiger partial charge in [-0.1, -0.05) is 42.1 Å². The first-order chi connectivity index (χ1) is 16.1. The molecule has 1 saturated carbocycles. The number of anilines is 1. The maximum Gasteiger partial charge on any atom is 0.234 e. The van der Waals surface area contributed by atoms with Crippen LogP contribution in [0.2, 0.25) is 0 Å². The lowest BCUT2D eigenvalue weighted by atomic mass is 10.1. The fraction of sp³-hybridized carbons (Fsp3) is 0.217. The van der Waals surface area contributed by atoms with E-state index in [9.17, 15) is 9.59 Å². The zero-order chi connectivity index (χ0) is 22.8. The number of nitrogens with two attached hydrogens (primary N) is 1. The molecular weight excluding hydrogens is 456 g/mol. The lowest BCUT2D eigenvalue weighted by molar-refractivity contribution is -0.115. The Morgan fingerprint density at radius 3 is 2.67 bits per heavy atom. The molecule has 2 aromatic carbocycles. The number of hydrogen-bond acceptors (Lipinski definition) is 6. The summed E-state index contributed by atoms with van der Waals surface area (Å²) in [5.74, 6) is 0.635. The lowest BCUT2D eigenvalue weighted by Gasteiger charge is -2.11. The summed E-state index contributed by atoms with van der Waals surface area (Å²) in [6.07, 6.45) is 4.13. The second kappa shape index (κ2) is 9.32. The number of aromatic amines is 1. The molecule has 0 atom stereocenters. The number of nitrogens with zero attached hydrogens (tertiary/aromatic N) is 3. The third-order valence-electron chi connectivity index (χ3n) is 5.27. The van der Waals surface area contributed by atoms with Gasteiger partial charge in [-0.25, -0.2) is 0 Å². The quantitative estimate of drug-likeness (QED) is 0.312. The van der Waals surface area contributed by atoms with Crippen molar-refractivity contribution in [2.75, 3.05) is 16.8 Å². The largest absolute Gasteiger partial charge is 0.369 e. The van der Waals surface area contributed by atoms with Gasteiger partial charge >= 0.3 is 0 Å². The molecule has 0 radical (unpaired) electrons. The van der Waals surface area contributed by atoms with Gasteiger partial charge in [-0.05, 0) is 31.0 Å². The van der Waals surface area contributed by atoms with Crippen LogP contribution in [0.3, 0.4) is 0 Å². The molecule has 0 saturated heterocycles. The number of carbonyl (C=O) groups is 2. The van der Waals surface area contributed by atoms with Gasteiger partial charge in [-0.3, -0.25) is 14.2 Å². The Morgan fingerprint density at radius 1 is 1.06 bits per heavy atom. The molecule has 2 amide bonds. The van der Waals surface area contributed by atoms with Crippen LogP contribution in [-0.2, 0) is 9.59 Å². The van der Waals surface area contributed by atoms with Crippen molar-refractivity contribution in [3.63, 3.8) is 0 Å². The highest BCUT2D eigenvalue weighted by molar-refractivity contribution is 8.00. The summed E-state index contributed by atoms with van der Waals surface area (Å²) in [5.41, 5.74) is 7.98. The number of H-pyrrole nitrogens is 1. The number of rotatable bonds is 9. The van der Waals surface area contributed by atoms with E-state index in [-0.39, 0.29) is 17.4 Å². The topological polar surface area (TPSA) is 119 Å². The van der Waals surface area contributed by atoms with Crippen LogP contribution in [0.4, 0.5) is 5.69 Å². The molecule has 0 aliphatic heterocycles. The van der Waals surface area contributed by atoms with Crippen molar-refractivity contribution in [1.29, 1.82) is 0 Å². The minimum absolute atomic E-state index is 0.147. The number of hydrogen-bond donors (Lipinski definition) is 3. The van der Waals surface area contributed by atoms with E-state index in [0.717, 1.165) is 45.2 Å². The maximum atomic E-state index is 12.7. The first-order valence-electron chi connectivity index (χ1n) is 10.5. The molecule has 1 fully saturated rings. The van der Waals surface area contributed by atoms with Crippen molar-refractivity contribution < 1.29 is 9.59 Å². The van der Waals surface area contributed by atoms with Crippen LogP contribution in [0, 0.1) is 0 Å². The number of carbonyl (C=O) groups excluding carboxylic acids is 2. The Balaban J connectivity index is 1.31. The van der Waals surface area contributed by atoms with Gasteiger partial charge < -0.3 is 16.0 Å². The van der Waals surface area contributed by atoms with Gasteiger partial charge in [0.2, 0.25) is 11.8 Å². The van der Waals surface area contributed by atoms with Crippen LogP contribution in [0.1, 0.15) is 18.9 Å². The van der Waals surface area contributed by atoms with E-state index in [1.54, 1.807) is 0 Å². The maximum absolute atomic E-state index is 12.7. The smallest absolute Gasteiger partial charge is 0.234 e. The third kappa shape index (κ3) is 4.76. The summed E-state index contributed by atoms with van der Waals surface area (Å²) >= 11 is 2.68. The van der Waals surface area contributed by atoms with Gasteiger partial charge in [-0.2, -0.15) is 0 Å². The van der Waals surface area contributed by atoms with E-state index < -0.39 is 5.91 Å². The van der Waals surface area contributed by atoms with E-state index in [1.807, 2.05) is 48.7 Å². The number of thioether (sulfide) groups is 2. The van der Waals surface area contributed by atoms with Crippen LogP contribution in [0.25, 0.3) is 22.3 Å². The summed E-state index contributed by atoms with van der Waals surface area (Å²) in [5, 5.41) is 13.7. The Kier molecular flexibility index (Phi) is 6.10. The fourth-order valence-electron chi connectivity index (χ4n) is 3.64. The molecule has 10 heteroatoms. The highest BCUT2D eigenvalue weighted by Gasteiger charge is 2.31. The minimum atomic E-state index is -0.401. The molecule has 0 bridgehead atoms. The molecule has 5 rings (SSSR count). The van der Waals surface area contributed by atoms with Crippen molar-refractivity contribution in [2.45, 2.75) is 28.9 Å². The predicted molar refractivity (Wildman–Crippen MR) is 131 cm³/mol. The molecule has 33 heavy (non-hydrogen) atoms. The first-order valence-corrected chi connectivity index (χ1v) is 12.5. The number of fused-ring (bicyclic) bond motifs is 1. The summed E-state index contributed by atoms with van der Waals surface area (Å²) in [6.45, 7) is 0. The lowest BCUT2D eigenvalue weighted by Crippen LogP contribution is -2.16. The molecule has 2 aromatic heterocycles. The number of aromatic nitrogens is 4. The normalized spacial score (nSPS) is 13.3. The molecule has 0 spiro atoms. The van der Waals surface area contributed by atoms with Crippen molar-refractivity contribution in [3.8, 4) is 11.4 Å². The van der Waals surface area contributed by atoms with Crippen LogP contribution >= 0.6 is 23.5 Å². The SMILES string of the molecule is NC(=O)CSc1ccccc1NC(=O)CSc1nnc(-c2c[nH]c3ccccc23)n1C1CC1. The number of benzene rings is 2. The van der Waals surface area contributed by atoms with Gasteiger partial charge in [-0.15, -0.1) is 22.0 Å². The predicted octanol–water partition coefficient (Wildman–Crippen LogP) is 4.07. The Labute approximate surface area is 198 Å². The van der Waals surface area contributed by atoms with Crippen molar-refractivity contribution in [3.05, 3.63) is 54.7 Å². The highest BCUT2D eigenvalue weighted by atomic mass is 32.2. The molecular formula is C23H22N6O2S2. The molecule has 8 nitrogen and oxygen atoms in total. The summed E-state index contributed by atoms with van der Waals surface area (Å²) < 4.78 is 2.16. The van der Waals surface area contributed by atoms with Crippen molar-refractivity contribution in [2.24, 2.45) is 5.73 Å². The molecule has 1 aliphatic carbocycles. The van der Waals surface area contributed by atoms with E-state index in [4.69, 9.17) is 5.73 Å². The molecule has 4 aromatic rings. The second-order valence-corrected chi connectivity index (χ2v) is 9.70. The molecule has 4 N–H and O–H groups in total. The van der Waals surface area contributed by atoms with E-state index in [2.05, 4.69) is 31.1 Å². The average molecular weight is 479 g/mol. The summed E-state index contributed by atoms with van der Waals surface area (Å²) in [7, 11) is 0. The van der Waals surface area contributed by atoms with Crippen LogP contribution < -0.4 is 11.1 Å². The number of amides is 2. The van der Waals surface area contributed by atoms with Crippen molar-refractivity contribution in [1.82, 2.24) is 19.7 Å². The molecule has 2 heterocycles. The van der Waals surface area contributed by atoms with E-state index in [0.29, 0.717) is 11.7 Å². The summed E-state index contributed by atoms with van der Waals surface area (Å²) in [6, 6.07) is 15.8. The van der Waals surface area contributed by atoms with E-state index in [1.165, 1.54) is 23.5 Å². The van der Waals surface area contributed by atoms with Crippen LogP contribution in [-0.4, -0.2) is 43.1 Å². The average Bonchev–Trinajstić information content (AvgIpc) is 3.42. The number of para-hydroxylation sites is 2. The minimum Gasteiger partial charge on any atom is -0.369 e. The highest BCUT2D eigenvalue weighted by Crippen LogP contribution is 2.42. The summed E-state index contributed by atoms with van der Waals surface area (Å²) in [4.78, 5) is 27.9. The monoisotopic (exact) mass is 478 g/mol. The third-order valence-corrected chi connectivity index (χ3v) is 7.31. The molecule has 1 aliphatic rings. The van der Waals surface area contributed by atoms with Crippen molar-refractivity contribution >= 4 is 51.9 Å². The van der Waals surface area contributed by atoms with E-state index >= 15 is 0 Å². The Bertz CT molecular complexity index is 1330. The van der Waals surface area contributed by atoms with Gasteiger partial charge in [0.1, 0.15) is 0 Å². The fourth-order valence-corrected chi connectivity index (χ4v) is 5.19.